The molecule has 0 saturated heterocycles. The Kier molecular flexibility index (Phi) is 5.73. The zero-order chi connectivity index (χ0) is 20.8. The first kappa shape index (κ1) is 19.6. The van der Waals surface area contributed by atoms with Gasteiger partial charge in [-0.15, -0.1) is 0 Å². The number of hydrogen-bond donors (Lipinski definition) is 1. The molecule has 0 spiro atoms. The molecule has 4 aromatic carbocycles. The van der Waals surface area contributed by atoms with E-state index in [0.29, 0.717) is 5.75 Å². The molecule has 0 unspecified atom stereocenters. The Morgan fingerprint density at radius 3 is 1.40 bits per heavy atom. The number of aliphatic hydroxyl groups is 1. The molecule has 0 aromatic heterocycles. The van der Waals surface area contributed by atoms with Crippen LogP contribution in [0.5, 0.6) is 5.75 Å². The standard InChI is InChI=1S/C27H22O3/c28-20-21-16-18-25(19-17-21)30-26(29)27(22-10-4-1-5-11-22,23-12-6-2-7-13-23)24-14-8-3-9-15-24/h1-19,28H,20H2. The molecule has 0 heterocycles. The lowest BCUT2D eigenvalue weighted by atomic mass is 9.69. The van der Waals surface area contributed by atoms with Crippen LogP contribution in [0.25, 0.3) is 0 Å². The average molecular weight is 394 g/mol. The van der Waals surface area contributed by atoms with E-state index in [2.05, 4.69) is 0 Å². The summed E-state index contributed by atoms with van der Waals surface area (Å²) >= 11 is 0. The number of rotatable bonds is 6. The molecular formula is C27H22O3. The molecule has 0 aliphatic rings. The fraction of sp³-hybridized carbons (Fsp3) is 0.0741. The van der Waals surface area contributed by atoms with Crippen LogP contribution >= 0.6 is 0 Å². The maximum Gasteiger partial charge on any atom is 0.331 e. The van der Waals surface area contributed by atoms with E-state index in [0.717, 1.165) is 22.3 Å². The highest BCUT2D eigenvalue weighted by atomic mass is 16.5. The van der Waals surface area contributed by atoms with Crippen LogP contribution in [0.1, 0.15) is 22.3 Å². The van der Waals surface area contributed by atoms with Gasteiger partial charge in [0.25, 0.3) is 0 Å². The Hall–Kier alpha value is -3.69. The van der Waals surface area contributed by atoms with Crippen LogP contribution in [0.15, 0.2) is 115 Å². The summed E-state index contributed by atoms with van der Waals surface area (Å²) in [5.74, 6) is 0.0483. The normalized spacial score (nSPS) is 11.1. The fourth-order valence-corrected chi connectivity index (χ4v) is 3.76. The summed E-state index contributed by atoms with van der Waals surface area (Å²) in [6.07, 6.45) is 0. The van der Waals surface area contributed by atoms with Crippen molar-refractivity contribution in [3.8, 4) is 5.75 Å². The fourth-order valence-electron chi connectivity index (χ4n) is 3.76. The van der Waals surface area contributed by atoms with Gasteiger partial charge in [0.1, 0.15) is 11.2 Å². The quantitative estimate of drug-likeness (QED) is 0.281. The van der Waals surface area contributed by atoms with Gasteiger partial charge in [-0.1, -0.05) is 103 Å². The molecule has 3 nitrogen and oxygen atoms in total. The van der Waals surface area contributed by atoms with Crippen molar-refractivity contribution in [3.63, 3.8) is 0 Å². The summed E-state index contributed by atoms with van der Waals surface area (Å²) in [4.78, 5) is 13.9. The van der Waals surface area contributed by atoms with Gasteiger partial charge >= 0.3 is 5.97 Å². The van der Waals surface area contributed by atoms with Gasteiger partial charge in [0, 0.05) is 0 Å². The van der Waals surface area contributed by atoms with Crippen LogP contribution in [-0.4, -0.2) is 11.1 Å². The molecule has 0 amide bonds. The third-order valence-corrected chi connectivity index (χ3v) is 5.24. The molecule has 0 fully saturated rings. The van der Waals surface area contributed by atoms with E-state index in [1.165, 1.54) is 0 Å². The molecule has 0 bridgehead atoms. The molecule has 1 N–H and O–H groups in total. The number of ether oxygens (including phenoxy) is 1. The van der Waals surface area contributed by atoms with Crippen LogP contribution in [0.3, 0.4) is 0 Å². The second-order valence-electron chi connectivity index (χ2n) is 7.04. The maximum absolute atomic E-state index is 13.9. The molecule has 0 aliphatic carbocycles. The predicted molar refractivity (Wildman–Crippen MR) is 117 cm³/mol. The van der Waals surface area contributed by atoms with Crippen molar-refractivity contribution in [1.29, 1.82) is 0 Å². The average Bonchev–Trinajstić information content (AvgIpc) is 2.82. The van der Waals surface area contributed by atoms with Gasteiger partial charge in [0.15, 0.2) is 0 Å². The lowest BCUT2D eigenvalue weighted by Crippen LogP contribution is -2.41. The van der Waals surface area contributed by atoms with Gasteiger partial charge in [-0.25, -0.2) is 4.79 Å². The zero-order valence-electron chi connectivity index (χ0n) is 16.4. The van der Waals surface area contributed by atoms with Crippen LogP contribution in [0.2, 0.25) is 0 Å². The van der Waals surface area contributed by atoms with Gasteiger partial charge < -0.3 is 9.84 Å². The number of benzene rings is 4. The van der Waals surface area contributed by atoms with Crippen molar-refractivity contribution < 1.29 is 14.6 Å². The lowest BCUT2D eigenvalue weighted by Gasteiger charge is -2.33. The van der Waals surface area contributed by atoms with Gasteiger partial charge in [-0.3, -0.25) is 0 Å². The van der Waals surface area contributed by atoms with E-state index < -0.39 is 5.41 Å². The van der Waals surface area contributed by atoms with Crippen molar-refractivity contribution in [1.82, 2.24) is 0 Å². The first-order valence-corrected chi connectivity index (χ1v) is 9.84. The number of esters is 1. The summed E-state index contributed by atoms with van der Waals surface area (Å²) in [7, 11) is 0. The molecule has 30 heavy (non-hydrogen) atoms. The lowest BCUT2D eigenvalue weighted by molar-refractivity contribution is -0.138. The Labute approximate surface area is 176 Å². The van der Waals surface area contributed by atoms with Crippen molar-refractivity contribution in [2.24, 2.45) is 0 Å². The molecule has 0 saturated carbocycles. The molecule has 3 heteroatoms. The van der Waals surface area contributed by atoms with Crippen molar-refractivity contribution in [2.75, 3.05) is 0 Å². The summed E-state index contributed by atoms with van der Waals surface area (Å²) in [6.45, 7) is -0.0593. The van der Waals surface area contributed by atoms with E-state index in [1.54, 1.807) is 24.3 Å². The van der Waals surface area contributed by atoms with Gasteiger partial charge in [-0.05, 0) is 34.4 Å². The van der Waals surface area contributed by atoms with Crippen molar-refractivity contribution >= 4 is 5.97 Å². The van der Waals surface area contributed by atoms with Crippen LogP contribution < -0.4 is 4.74 Å². The molecule has 0 radical (unpaired) electrons. The number of aliphatic hydroxyl groups excluding tert-OH is 1. The van der Waals surface area contributed by atoms with Gasteiger partial charge in [-0.2, -0.15) is 0 Å². The minimum atomic E-state index is -1.13. The van der Waals surface area contributed by atoms with Crippen LogP contribution in [0, 0.1) is 0 Å². The minimum absolute atomic E-state index is 0.0593. The summed E-state index contributed by atoms with van der Waals surface area (Å²) < 4.78 is 5.92. The number of carbonyl (C=O) groups excluding carboxylic acids is 1. The van der Waals surface area contributed by atoms with Crippen LogP contribution in [-0.2, 0) is 16.8 Å². The first-order valence-electron chi connectivity index (χ1n) is 9.84. The smallest absolute Gasteiger partial charge is 0.331 e. The van der Waals surface area contributed by atoms with E-state index >= 15 is 0 Å². The highest BCUT2D eigenvalue weighted by Gasteiger charge is 2.45. The Morgan fingerprint density at radius 1 is 0.633 bits per heavy atom. The summed E-state index contributed by atoms with van der Waals surface area (Å²) in [6, 6.07) is 36.0. The van der Waals surface area contributed by atoms with E-state index in [-0.39, 0.29) is 12.6 Å². The summed E-state index contributed by atoms with van der Waals surface area (Å²) in [5, 5.41) is 9.28. The predicted octanol–water partition coefficient (Wildman–Crippen LogP) is 5.12. The highest BCUT2D eigenvalue weighted by Crippen LogP contribution is 2.40. The largest absolute Gasteiger partial charge is 0.425 e. The van der Waals surface area contributed by atoms with E-state index in [4.69, 9.17) is 4.74 Å². The molecule has 148 valence electrons. The molecule has 4 aromatic rings. The first-order chi connectivity index (χ1) is 14.7. The summed E-state index contributed by atoms with van der Waals surface area (Å²) in [5.41, 5.74) is 2.13. The van der Waals surface area contributed by atoms with Gasteiger partial charge in [0.05, 0.1) is 6.61 Å². The minimum Gasteiger partial charge on any atom is -0.425 e. The Bertz CT molecular complexity index is 993. The van der Waals surface area contributed by atoms with Gasteiger partial charge in [0.2, 0.25) is 0 Å². The number of carbonyl (C=O) groups is 1. The third-order valence-electron chi connectivity index (χ3n) is 5.24. The zero-order valence-corrected chi connectivity index (χ0v) is 16.4. The highest BCUT2D eigenvalue weighted by molar-refractivity contribution is 5.93. The van der Waals surface area contributed by atoms with E-state index in [1.807, 2.05) is 91.0 Å². The van der Waals surface area contributed by atoms with Crippen molar-refractivity contribution in [3.05, 3.63) is 138 Å². The molecular weight excluding hydrogens is 372 g/mol. The Balaban J connectivity index is 1.91. The second kappa shape index (κ2) is 8.76. The van der Waals surface area contributed by atoms with Crippen LogP contribution in [0.4, 0.5) is 0 Å². The second-order valence-corrected chi connectivity index (χ2v) is 7.04. The number of hydrogen-bond acceptors (Lipinski definition) is 3. The molecule has 0 atom stereocenters. The third kappa shape index (κ3) is 3.63. The molecule has 0 aliphatic heterocycles. The molecule has 4 rings (SSSR count). The SMILES string of the molecule is O=C(Oc1ccc(CO)cc1)C(c1ccccc1)(c1ccccc1)c1ccccc1. The van der Waals surface area contributed by atoms with E-state index in [9.17, 15) is 9.90 Å². The maximum atomic E-state index is 13.9. The Morgan fingerprint density at radius 2 is 1.03 bits per heavy atom. The topological polar surface area (TPSA) is 46.5 Å². The van der Waals surface area contributed by atoms with Crippen molar-refractivity contribution in [2.45, 2.75) is 12.0 Å². The monoisotopic (exact) mass is 394 g/mol.